The zero-order valence-electron chi connectivity index (χ0n) is 11.6. The van der Waals surface area contributed by atoms with E-state index < -0.39 is 0 Å². The quantitative estimate of drug-likeness (QED) is 0.859. The molecule has 1 aromatic carbocycles. The Kier molecular flexibility index (Phi) is 5.16. The van der Waals surface area contributed by atoms with Crippen LogP contribution in [0.3, 0.4) is 0 Å². The minimum absolute atomic E-state index is 0.225. The Bertz CT molecular complexity index is 403. The molecular weight excluding hydrogens is 245 g/mol. The molecule has 0 amide bonds. The summed E-state index contributed by atoms with van der Waals surface area (Å²) in [5, 5.41) is 3.29. The molecule has 1 aliphatic heterocycles. The molecule has 1 N–H and O–H groups in total. The van der Waals surface area contributed by atoms with Gasteiger partial charge >= 0.3 is 0 Å². The van der Waals surface area contributed by atoms with E-state index in [0.29, 0.717) is 25.1 Å². The van der Waals surface area contributed by atoms with Crippen LogP contribution in [-0.2, 0) is 11.3 Å². The Hall–Kier alpha value is -1.13. The first kappa shape index (κ1) is 14.3. The van der Waals surface area contributed by atoms with Gasteiger partial charge in [-0.1, -0.05) is 13.8 Å². The highest BCUT2D eigenvalue weighted by atomic mass is 19.1. The van der Waals surface area contributed by atoms with Gasteiger partial charge in [0.25, 0.3) is 0 Å². The molecule has 0 spiro atoms. The molecular formula is C15H22FNO2. The number of halogens is 1. The van der Waals surface area contributed by atoms with Gasteiger partial charge in [-0.3, -0.25) is 0 Å². The van der Waals surface area contributed by atoms with Crippen LogP contribution in [0.15, 0.2) is 18.2 Å². The van der Waals surface area contributed by atoms with Crippen LogP contribution in [0, 0.1) is 11.7 Å². The lowest BCUT2D eigenvalue weighted by atomic mass is 10.1. The molecule has 19 heavy (non-hydrogen) atoms. The van der Waals surface area contributed by atoms with Gasteiger partial charge < -0.3 is 14.8 Å². The molecule has 1 heterocycles. The van der Waals surface area contributed by atoms with Crippen LogP contribution in [0.4, 0.5) is 4.39 Å². The zero-order valence-corrected chi connectivity index (χ0v) is 11.6. The van der Waals surface area contributed by atoms with E-state index in [0.717, 1.165) is 30.9 Å². The Balaban J connectivity index is 1.96. The molecule has 0 bridgehead atoms. The van der Waals surface area contributed by atoms with Gasteiger partial charge in [-0.05, 0) is 24.6 Å². The summed E-state index contributed by atoms with van der Waals surface area (Å²) in [6.07, 6.45) is 1.04. The molecule has 0 aromatic heterocycles. The lowest BCUT2D eigenvalue weighted by Gasteiger charge is -2.15. The van der Waals surface area contributed by atoms with Crippen LogP contribution < -0.4 is 10.1 Å². The molecule has 0 aliphatic carbocycles. The van der Waals surface area contributed by atoms with Crippen LogP contribution in [0.5, 0.6) is 5.75 Å². The predicted octanol–water partition coefficient (Wildman–Crippen LogP) is 2.74. The second-order valence-electron chi connectivity index (χ2n) is 5.33. The fourth-order valence-electron chi connectivity index (χ4n) is 2.06. The van der Waals surface area contributed by atoms with Gasteiger partial charge in [0.15, 0.2) is 0 Å². The largest absolute Gasteiger partial charge is 0.493 e. The van der Waals surface area contributed by atoms with Gasteiger partial charge in [-0.15, -0.1) is 0 Å². The molecule has 2 rings (SSSR count). The average molecular weight is 267 g/mol. The van der Waals surface area contributed by atoms with E-state index in [4.69, 9.17) is 9.47 Å². The second kappa shape index (κ2) is 6.87. The molecule has 1 aliphatic rings. The Labute approximate surface area is 114 Å². The highest BCUT2D eigenvalue weighted by molar-refractivity contribution is 5.34. The minimum Gasteiger partial charge on any atom is -0.493 e. The van der Waals surface area contributed by atoms with E-state index in [1.807, 2.05) is 0 Å². The Morgan fingerprint density at radius 3 is 3.00 bits per heavy atom. The summed E-state index contributed by atoms with van der Waals surface area (Å²) in [6, 6.07) is 5.05. The second-order valence-corrected chi connectivity index (χ2v) is 5.33. The molecule has 0 radical (unpaired) electrons. The van der Waals surface area contributed by atoms with Gasteiger partial charge in [0.2, 0.25) is 0 Å². The molecule has 1 aromatic rings. The van der Waals surface area contributed by atoms with Crippen LogP contribution in [0.2, 0.25) is 0 Å². The third-order valence-electron chi connectivity index (χ3n) is 3.22. The number of ether oxygens (including phenoxy) is 2. The summed E-state index contributed by atoms with van der Waals surface area (Å²) < 4.78 is 24.5. The van der Waals surface area contributed by atoms with Crippen molar-refractivity contribution in [2.45, 2.75) is 32.9 Å². The fourth-order valence-corrected chi connectivity index (χ4v) is 2.06. The van der Waals surface area contributed by atoms with Gasteiger partial charge in [0.1, 0.15) is 11.6 Å². The molecule has 3 nitrogen and oxygen atoms in total. The highest BCUT2D eigenvalue weighted by Crippen LogP contribution is 2.22. The third-order valence-corrected chi connectivity index (χ3v) is 3.22. The normalized spacial score (nSPS) is 19.1. The van der Waals surface area contributed by atoms with E-state index in [1.54, 1.807) is 6.07 Å². The highest BCUT2D eigenvalue weighted by Gasteiger charge is 2.17. The van der Waals surface area contributed by atoms with Gasteiger partial charge in [-0.25, -0.2) is 4.39 Å². The molecule has 1 atom stereocenters. The predicted molar refractivity (Wildman–Crippen MR) is 72.8 cm³/mol. The van der Waals surface area contributed by atoms with E-state index in [9.17, 15) is 4.39 Å². The summed E-state index contributed by atoms with van der Waals surface area (Å²) in [5.74, 6) is 0.995. The Morgan fingerprint density at radius 1 is 1.47 bits per heavy atom. The smallest absolute Gasteiger partial charge is 0.123 e. The summed E-state index contributed by atoms with van der Waals surface area (Å²) in [6.45, 7) is 6.97. The summed E-state index contributed by atoms with van der Waals surface area (Å²) >= 11 is 0. The monoisotopic (exact) mass is 267 g/mol. The summed E-state index contributed by atoms with van der Waals surface area (Å²) in [4.78, 5) is 0. The van der Waals surface area contributed by atoms with Gasteiger partial charge in [0.05, 0.1) is 13.2 Å². The average Bonchev–Trinajstić information content (AvgIpc) is 2.88. The first-order valence-electron chi connectivity index (χ1n) is 6.87. The van der Waals surface area contributed by atoms with Crippen molar-refractivity contribution >= 4 is 0 Å². The first-order chi connectivity index (χ1) is 9.15. The summed E-state index contributed by atoms with van der Waals surface area (Å²) in [5.41, 5.74) is 0.868. The van der Waals surface area contributed by atoms with Crippen molar-refractivity contribution in [2.75, 3.05) is 19.8 Å². The maximum absolute atomic E-state index is 13.3. The van der Waals surface area contributed by atoms with E-state index >= 15 is 0 Å². The molecule has 106 valence electrons. The van der Waals surface area contributed by atoms with Crippen LogP contribution in [0.1, 0.15) is 25.8 Å². The van der Waals surface area contributed by atoms with Gasteiger partial charge in [0, 0.05) is 30.7 Å². The third kappa shape index (κ3) is 4.48. The number of rotatable bonds is 6. The standard InChI is InChI=1S/C15H22FNO2/c1-11(2)17-8-13-7-14(16)3-4-15(13)19-10-12-5-6-18-9-12/h3-4,7,11-12,17H,5-6,8-10H2,1-2H3. The van der Waals surface area contributed by atoms with Crippen molar-refractivity contribution in [3.05, 3.63) is 29.6 Å². The maximum atomic E-state index is 13.3. The number of nitrogens with one attached hydrogen (secondary N) is 1. The molecule has 4 heteroatoms. The lowest BCUT2D eigenvalue weighted by molar-refractivity contribution is 0.166. The number of hydrogen-bond donors (Lipinski definition) is 1. The van der Waals surface area contributed by atoms with Crippen molar-refractivity contribution in [1.29, 1.82) is 0 Å². The first-order valence-corrected chi connectivity index (χ1v) is 6.87. The van der Waals surface area contributed by atoms with Gasteiger partial charge in [-0.2, -0.15) is 0 Å². The summed E-state index contributed by atoms with van der Waals surface area (Å²) in [7, 11) is 0. The fraction of sp³-hybridized carbons (Fsp3) is 0.600. The molecule has 0 saturated carbocycles. The lowest BCUT2D eigenvalue weighted by Crippen LogP contribution is -2.22. The topological polar surface area (TPSA) is 30.5 Å². The van der Waals surface area contributed by atoms with Crippen molar-refractivity contribution in [3.63, 3.8) is 0 Å². The zero-order chi connectivity index (χ0) is 13.7. The minimum atomic E-state index is -0.225. The molecule has 1 unspecified atom stereocenters. The van der Waals surface area contributed by atoms with Crippen LogP contribution >= 0.6 is 0 Å². The Morgan fingerprint density at radius 2 is 2.32 bits per heavy atom. The SMILES string of the molecule is CC(C)NCc1cc(F)ccc1OCC1CCOC1. The van der Waals surface area contributed by atoms with E-state index in [2.05, 4.69) is 19.2 Å². The molecule has 1 fully saturated rings. The van der Waals surface area contributed by atoms with Crippen molar-refractivity contribution in [1.82, 2.24) is 5.32 Å². The van der Waals surface area contributed by atoms with Crippen molar-refractivity contribution in [3.8, 4) is 5.75 Å². The maximum Gasteiger partial charge on any atom is 0.123 e. The van der Waals surface area contributed by atoms with E-state index in [-0.39, 0.29) is 5.82 Å². The van der Waals surface area contributed by atoms with Crippen molar-refractivity contribution in [2.24, 2.45) is 5.92 Å². The van der Waals surface area contributed by atoms with Crippen LogP contribution in [0.25, 0.3) is 0 Å². The van der Waals surface area contributed by atoms with Crippen molar-refractivity contribution < 1.29 is 13.9 Å². The molecule has 1 saturated heterocycles. The number of benzene rings is 1. The number of hydrogen-bond acceptors (Lipinski definition) is 3. The van der Waals surface area contributed by atoms with Crippen LogP contribution in [-0.4, -0.2) is 25.9 Å². The van der Waals surface area contributed by atoms with E-state index in [1.165, 1.54) is 12.1 Å².